The van der Waals surface area contributed by atoms with Gasteiger partial charge < -0.3 is 14.3 Å². The van der Waals surface area contributed by atoms with Crippen LogP contribution in [0.4, 0.5) is 17.6 Å². The summed E-state index contributed by atoms with van der Waals surface area (Å²) in [6.45, 7) is 2.25. The van der Waals surface area contributed by atoms with Crippen LogP contribution in [-0.2, 0) is 14.7 Å². The quantitative estimate of drug-likeness (QED) is 0.560. The third-order valence-electron chi connectivity index (χ3n) is 3.15. The fraction of sp³-hybridized carbons (Fsp3) is 0.429. The second kappa shape index (κ2) is 6.99. The largest absolute Gasteiger partial charge is 0.472 e. The molecule has 0 aromatic heterocycles. The third-order valence-corrected chi connectivity index (χ3v) is 4.52. The van der Waals surface area contributed by atoms with E-state index in [0.717, 1.165) is 0 Å². The van der Waals surface area contributed by atoms with Crippen molar-refractivity contribution in [1.29, 1.82) is 5.26 Å². The molecule has 0 bridgehead atoms. The smallest absolute Gasteiger partial charge is 0.230 e. The Bertz CT molecular complexity index is 880. The maximum Gasteiger partial charge on any atom is 0.230 e. The van der Waals surface area contributed by atoms with Gasteiger partial charge in [-0.05, 0) is 13.8 Å². The normalized spacial score (nSPS) is 15.8. The van der Waals surface area contributed by atoms with Crippen molar-refractivity contribution in [3.8, 4) is 17.6 Å². The number of benzene rings is 1. The van der Waals surface area contributed by atoms with Gasteiger partial charge in [0, 0.05) is 6.42 Å². The van der Waals surface area contributed by atoms with Crippen molar-refractivity contribution in [1.82, 2.24) is 0 Å². The van der Waals surface area contributed by atoms with E-state index in [0.29, 0.717) is 0 Å². The Morgan fingerprint density at radius 3 is 2.04 bits per heavy atom. The Hall–Kier alpha value is -2.55. The van der Waals surface area contributed by atoms with Gasteiger partial charge in [0.2, 0.25) is 33.1 Å². The van der Waals surface area contributed by atoms with Crippen molar-refractivity contribution >= 4 is 14.9 Å². The molecular weight excluding hydrogens is 384 g/mol. The van der Waals surface area contributed by atoms with Crippen LogP contribution in [0.5, 0.6) is 11.5 Å². The molecule has 1 aromatic rings. The van der Waals surface area contributed by atoms with E-state index in [1.807, 2.05) is 0 Å². The summed E-state index contributed by atoms with van der Waals surface area (Å²) in [7, 11) is -4.26. The van der Waals surface area contributed by atoms with E-state index in [-0.39, 0.29) is 6.42 Å². The van der Waals surface area contributed by atoms with Crippen LogP contribution >= 0.6 is 0 Å². The number of hydrogen-bond donors (Lipinski definition) is 0. The average Bonchev–Trinajstić information content (AvgIpc) is 2.94. The molecule has 0 saturated carbocycles. The second-order valence-electron chi connectivity index (χ2n) is 5.75. The minimum atomic E-state index is -4.26. The molecule has 142 valence electrons. The van der Waals surface area contributed by atoms with E-state index in [1.165, 1.54) is 6.07 Å². The minimum Gasteiger partial charge on any atom is -0.472 e. The lowest BCUT2D eigenvalue weighted by Crippen LogP contribution is -2.26. The number of nitrogens with zero attached hydrogens (tertiary/aromatic N) is 2. The van der Waals surface area contributed by atoms with Gasteiger partial charge in [0.05, 0.1) is 0 Å². The molecule has 2 rings (SSSR count). The predicted molar refractivity (Wildman–Crippen MR) is 79.0 cm³/mol. The van der Waals surface area contributed by atoms with E-state index in [1.54, 1.807) is 13.8 Å². The number of halogens is 4. The zero-order valence-corrected chi connectivity index (χ0v) is 14.3. The molecule has 7 nitrogen and oxygen atoms in total. The first kappa shape index (κ1) is 19.8. The van der Waals surface area contributed by atoms with E-state index in [9.17, 15) is 26.0 Å². The molecular formula is C14H12F4N2O5S. The Labute approximate surface area is 145 Å². The molecule has 1 aliphatic rings. The van der Waals surface area contributed by atoms with Crippen LogP contribution in [0.15, 0.2) is 5.16 Å². The van der Waals surface area contributed by atoms with Crippen molar-refractivity contribution < 1.29 is 40.3 Å². The molecule has 0 aliphatic carbocycles. The Morgan fingerprint density at radius 2 is 1.62 bits per heavy atom. The molecule has 1 aliphatic heterocycles. The Morgan fingerprint density at radius 1 is 1.12 bits per heavy atom. The van der Waals surface area contributed by atoms with Gasteiger partial charge in [-0.15, -0.1) is 0 Å². The summed E-state index contributed by atoms with van der Waals surface area (Å²) in [6, 6.07) is 1.37. The van der Waals surface area contributed by atoms with Gasteiger partial charge in [0.1, 0.15) is 11.7 Å². The molecule has 1 aromatic carbocycles. The van der Waals surface area contributed by atoms with Gasteiger partial charge in [0.25, 0.3) is 0 Å². The zero-order valence-electron chi connectivity index (χ0n) is 13.5. The fourth-order valence-corrected chi connectivity index (χ4v) is 3.05. The summed E-state index contributed by atoms with van der Waals surface area (Å²) < 4.78 is 88.2. The van der Waals surface area contributed by atoms with Crippen LogP contribution in [0.1, 0.15) is 20.3 Å². The highest BCUT2D eigenvalue weighted by molar-refractivity contribution is 8.06. The summed E-state index contributed by atoms with van der Waals surface area (Å²) in [5.41, 5.74) is -0.892. The lowest BCUT2D eigenvalue weighted by Gasteiger charge is -2.14. The standard InChI is InChI=1S/C14H12F4N2O5S/c1-14(2)5-7(20-25-14)26(21,22)6-24-13-10(17)8(15)12(23-4-3-19)9(16)11(13)18/h4-6H2,1-2H3. The van der Waals surface area contributed by atoms with Gasteiger partial charge in [-0.25, -0.2) is 8.42 Å². The molecule has 0 atom stereocenters. The summed E-state index contributed by atoms with van der Waals surface area (Å²) >= 11 is 0. The van der Waals surface area contributed by atoms with Crippen LogP contribution in [0, 0.1) is 34.6 Å². The molecule has 0 amide bonds. The van der Waals surface area contributed by atoms with Gasteiger partial charge in [-0.2, -0.15) is 22.8 Å². The van der Waals surface area contributed by atoms with Crippen molar-refractivity contribution in [2.75, 3.05) is 12.5 Å². The number of ether oxygens (including phenoxy) is 2. The highest BCUT2D eigenvalue weighted by Crippen LogP contribution is 2.35. The van der Waals surface area contributed by atoms with Crippen LogP contribution in [0.25, 0.3) is 0 Å². The van der Waals surface area contributed by atoms with E-state index < -0.39 is 67.8 Å². The first-order valence-electron chi connectivity index (χ1n) is 6.96. The van der Waals surface area contributed by atoms with E-state index >= 15 is 0 Å². The SMILES string of the molecule is CC1(C)CC(S(=O)(=O)COc2c(F)c(F)c(OCC#N)c(F)c2F)=NO1. The summed E-state index contributed by atoms with van der Waals surface area (Å²) in [4.78, 5) is 4.87. The maximum absolute atomic E-state index is 13.9. The minimum absolute atomic E-state index is 0.118. The number of sulfone groups is 1. The topological polar surface area (TPSA) is 98.0 Å². The number of hydrogen-bond acceptors (Lipinski definition) is 7. The monoisotopic (exact) mass is 396 g/mol. The highest BCUT2D eigenvalue weighted by Gasteiger charge is 2.37. The molecule has 0 radical (unpaired) electrons. The van der Waals surface area contributed by atoms with Gasteiger partial charge in [-0.1, -0.05) is 5.16 Å². The summed E-state index contributed by atoms with van der Waals surface area (Å²) in [5.74, 6) is -12.3. The third kappa shape index (κ3) is 3.82. The number of nitriles is 1. The van der Waals surface area contributed by atoms with E-state index in [2.05, 4.69) is 14.6 Å². The molecule has 0 unspecified atom stereocenters. The van der Waals surface area contributed by atoms with Crippen LogP contribution in [0.2, 0.25) is 0 Å². The molecule has 26 heavy (non-hydrogen) atoms. The molecule has 0 saturated heterocycles. The van der Waals surface area contributed by atoms with Crippen molar-refractivity contribution in [3.05, 3.63) is 23.3 Å². The first-order valence-corrected chi connectivity index (χ1v) is 8.61. The molecule has 0 N–H and O–H groups in total. The highest BCUT2D eigenvalue weighted by atomic mass is 32.2. The first-order chi connectivity index (χ1) is 12.0. The predicted octanol–water partition coefficient (Wildman–Crippen LogP) is 2.41. The van der Waals surface area contributed by atoms with Crippen LogP contribution in [0.3, 0.4) is 0 Å². The average molecular weight is 396 g/mol. The zero-order chi connectivity index (χ0) is 19.7. The van der Waals surface area contributed by atoms with Crippen molar-refractivity contribution in [2.24, 2.45) is 5.16 Å². The Balaban J connectivity index is 2.27. The Kier molecular flexibility index (Phi) is 5.31. The van der Waals surface area contributed by atoms with Crippen molar-refractivity contribution in [2.45, 2.75) is 25.9 Å². The molecule has 1 heterocycles. The van der Waals surface area contributed by atoms with E-state index in [4.69, 9.17) is 10.1 Å². The van der Waals surface area contributed by atoms with Gasteiger partial charge in [0.15, 0.2) is 29.1 Å². The summed E-state index contributed by atoms with van der Waals surface area (Å²) in [6.07, 6.45) is -0.118. The maximum atomic E-state index is 13.9. The number of oxime groups is 1. The fourth-order valence-electron chi connectivity index (χ4n) is 1.92. The van der Waals surface area contributed by atoms with Gasteiger partial charge in [-0.3, -0.25) is 0 Å². The van der Waals surface area contributed by atoms with Crippen molar-refractivity contribution in [3.63, 3.8) is 0 Å². The van der Waals surface area contributed by atoms with Crippen LogP contribution in [-0.4, -0.2) is 31.6 Å². The lowest BCUT2D eigenvalue weighted by molar-refractivity contribution is 0.0123. The molecule has 0 fully saturated rings. The molecule has 0 spiro atoms. The van der Waals surface area contributed by atoms with Crippen LogP contribution < -0.4 is 9.47 Å². The lowest BCUT2D eigenvalue weighted by atomic mass is 10.1. The number of rotatable bonds is 5. The molecule has 12 heteroatoms. The second-order valence-corrected chi connectivity index (χ2v) is 7.69. The summed E-state index contributed by atoms with van der Waals surface area (Å²) in [5, 5.41) is 11.2. The van der Waals surface area contributed by atoms with Gasteiger partial charge >= 0.3 is 0 Å².